The zero-order valence-corrected chi connectivity index (χ0v) is 10.7. The van der Waals surface area contributed by atoms with Gasteiger partial charge in [0, 0.05) is 0 Å². The molecule has 2 unspecified atom stereocenters. The van der Waals surface area contributed by atoms with Crippen molar-refractivity contribution in [2.45, 2.75) is 32.8 Å². The zero-order valence-electron chi connectivity index (χ0n) is 9.22. The van der Waals surface area contributed by atoms with Crippen molar-refractivity contribution < 1.29 is 5.11 Å². The van der Waals surface area contributed by atoms with E-state index in [0.717, 1.165) is 12.0 Å². The fraction of sp³-hybridized carbons (Fsp3) is 0.500. The second-order valence-corrected chi connectivity index (χ2v) is 4.90. The van der Waals surface area contributed by atoms with E-state index in [1.807, 2.05) is 13.0 Å². The molecule has 0 heterocycles. The summed E-state index contributed by atoms with van der Waals surface area (Å²) < 4.78 is 0. The Morgan fingerprint density at radius 2 is 1.93 bits per heavy atom. The smallest absolute Gasteiger partial charge is 0.0894 e. The summed E-state index contributed by atoms with van der Waals surface area (Å²) >= 11 is 11.8. The molecule has 84 valence electrons. The molecule has 0 amide bonds. The first-order valence-corrected chi connectivity index (χ1v) is 5.83. The Labute approximate surface area is 101 Å². The number of halogens is 2. The predicted molar refractivity (Wildman–Crippen MR) is 65.5 cm³/mol. The average molecular weight is 247 g/mol. The highest BCUT2D eigenvalue weighted by Crippen LogP contribution is 2.34. The summed E-state index contributed by atoms with van der Waals surface area (Å²) in [6.45, 7) is 5.87. The van der Waals surface area contributed by atoms with Gasteiger partial charge in [0.1, 0.15) is 0 Å². The van der Waals surface area contributed by atoms with Crippen molar-refractivity contribution >= 4 is 23.2 Å². The van der Waals surface area contributed by atoms with Gasteiger partial charge in [-0.3, -0.25) is 0 Å². The van der Waals surface area contributed by atoms with Crippen molar-refractivity contribution in [1.82, 2.24) is 0 Å². The number of rotatable bonds is 3. The van der Waals surface area contributed by atoms with Crippen LogP contribution in [0.5, 0.6) is 0 Å². The zero-order chi connectivity index (χ0) is 11.6. The standard InChI is InChI=1S/C12H16Cl2O/c1-4-8(2)12(3,15)9-5-6-10(13)11(14)7-9/h5-8,15H,4H2,1-3H3. The van der Waals surface area contributed by atoms with Gasteiger partial charge in [-0.15, -0.1) is 0 Å². The Morgan fingerprint density at radius 3 is 2.40 bits per heavy atom. The Balaban J connectivity index is 3.10. The van der Waals surface area contributed by atoms with E-state index in [-0.39, 0.29) is 5.92 Å². The molecule has 0 aliphatic rings. The van der Waals surface area contributed by atoms with Gasteiger partial charge < -0.3 is 5.11 Å². The molecule has 0 saturated carbocycles. The highest BCUT2D eigenvalue weighted by molar-refractivity contribution is 6.42. The molecular weight excluding hydrogens is 231 g/mol. The van der Waals surface area contributed by atoms with Gasteiger partial charge >= 0.3 is 0 Å². The van der Waals surface area contributed by atoms with Gasteiger partial charge in [-0.05, 0) is 30.5 Å². The van der Waals surface area contributed by atoms with Crippen LogP contribution in [0.15, 0.2) is 18.2 Å². The van der Waals surface area contributed by atoms with Crippen LogP contribution in [0.1, 0.15) is 32.8 Å². The van der Waals surface area contributed by atoms with E-state index in [9.17, 15) is 5.11 Å². The van der Waals surface area contributed by atoms with E-state index in [0.29, 0.717) is 10.0 Å². The molecule has 0 spiro atoms. The van der Waals surface area contributed by atoms with Crippen LogP contribution >= 0.6 is 23.2 Å². The van der Waals surface area contributed by atoms with Gasteiger partial charge in [0.15, 0.2) is 0 Å². The molecule has 0 bridgehead atoms. The molecular formula is C12H16Cl2O. The molecule has 0 radical (unpaired) electrons. The van der Waals surface area contributed by atoms with Crippen LogP contribution in [0.3, 0.4) is 0 Å². The summed E-state index contributed by atoms with van der Waals surface area (Å²) in [6.07, 6.45) is 0.910. The molecule has 1 rings (SSSR count). The first-order chi connectivity index (χ1) is 6.89. The van der Waals surface area contributed by atoms with E-state index in [2.05, 4.69) is 6.92 Å². The van der Waals surface area contributed by atoms with Crippen LogP contribution in [0.25, 0.3) is 0 Å². The molecule has 1 aromatic rings. The summed E-state index contributed by atoms with van der Waals surface area (Å²) in [6, 6.07) is 5.27. The summed E-state index contributed by atoms with van der Waals surface area (Å²) in [4.78, 5) is 0. The maximum Gasteiger partial charge on any atom is 0.0894 e. The molecule has 2 atom stereocenters. The minimum absolute atomic E-state index is 0.176. The Bertz CT molecular complexity index is 347. The van der Waals surface area contributed by atoms with Gasteiger partial charge in [0.2, 0.25) is 0 Å². The molecule has 0 aromatic heterocycles. The summed E-state index contributed by atoms with van der Waals surface area (Å²) in [5.74, 6) is 0.176. The van der Waals surface area contributed by atoms with Crippen molar-refractivity contribution in [2.75, 3.05) is 0 Å². The lowest BCUT2D eigenvalue weighted by Crippen LogP contribution is -2.29. The largest absolute Gasteiger partial charge is 0.385 e. The maximum atomic E-state index is 10.4. The van der Waals surface area contributed by atoms with Crippen molar-refractivity contribution in [1.29, 1.82) is 0 Å². The minimum Gasteiger partial charge on any atom is -0.385 e. The highest BCUT2D eigenvalue weighted by atomic mass is 35.5. The summed E-state index contributed by atoms with van der Waals surface area (Å²) in [5, 5.41) is 11.4. The Morgan fingerprint density at radius 1 is 1.33 bits per heavy atom. The SMILES string of the molecule is CCC(C)C(C)(O)c1ccc(Cl)c(Cl)c1. The fourth-order valence-corrected chi connectivity index (χ4v) is 1.79. The Kier molecular flexibility index (Phi) is 4.05. The Hall–Kier alpha value is -0.240. The fourth-order valence-electron chi connectivity index (χ4n) is 1.49. The maximum absolute atomic E-state index is 10.4. The second kappa shape index (κ2) is 4.73. The lowest BCUT2D eigenvalue weighted by molar-refractivity contribution is 0.0000295. The quantitative estimate of drug-likeness (QED) is 0.846. The molecule has 1 aromatic carbocycles. The van der Waals surface area contributed by atoms with E-state index in [4.69, 9.17) is 23.2 Å². The van der Waals surface area contributed by atoms with Gasteiger partial charge in [0.25, 0.3) is 0 Å². The lowest BCUT2D eigenvalue weighted by Gasteiger charge is -2.30. The summed E-state index contributed by atoms with van der Waals surface area (Å²) in [5.41, 5.74) is -0.0468. The molecule has 0 aliphatic heterocycles. The van der Waals surface area contributed by atoms with Crippen LogP contribution in [-0.4, -0.2) is 5.11 Å². The first-order valence-electron chi connectivity index (χ1n) is 5.07. The normalized spacial score (nSPS) is 17.2. The molecule has 15 heavy (non-hydrogen) atoms. The van der Waals surface area contributed by atoms with E-state index in [1.54, 1.807) is 19.1 Å². The number of hydrogen-bond acceptors (Lipinski definition) is 1. The molecule has 0 fully saturated rings. The molecule has 0 aliphatic carbocycles. The van der Waals surface area contributed by atoms with Crippen LogP contribution in [0, 0.1) is 5.92 Å². The van der Waals surface area contributed by atoms with E-state index >= 15 is 0 Å². The number of benzene rings is 1. The minimum atomic E-state index is -0.858. The van der Waals surface area contributed by atoms with Crippen LogP contribution in [0.2, 0.25) is 10.0 Å². The molecule has 3 heteroatoms. The van der Waals surface area contributed by atoms with Crippen molar-refractivity contribution in [2.24, 2.45) is 5.92 Å². The van der Waals surface area contributed by atoms with Crippen molar-refractivity contribution in [3.63, 3.8) is 0 Å². The third-order valence-corrected chi connectivity index (χ3v) is 3.82. The van der Waals surface area contributed by atoms with E-state index < -0.39 is 5.60 Å². The van der Waals surface area contributed by atoms with Gasteiger partial charge in [0.05, 0.1) is 15.6 Å². The van der Waals surface area contributed by atoms with Crippen molar-refractivity contribution in [3.05, 3.63) is 33.8 Å². The van der Waals surface area contributed by atoms with Crippen LogP contribution < -0.4 is 0 Å². The molecule has 1 N–H and O–H groups in total. The van der Waals surface area contributed by atoms with E-state index in [1.165, 1.54) is 0 Å². The van der Waals surface area contributed by atoms with Gasteiger partial charge in [-0.2, -0.15) is 0 Å². The van der Waals surface area contributed by atoms with Crippen molar-refractivity contribution in [3.8, 4) is 0 Å². The average Bonchev–Trinajstić information content (AvgIpc) is 2.20. The van der Waals surface area contributed by atoms with Crippen LogP contribution in [-0.2, 0) is 5.60 Å². The lowest BCUT2D eigenvalue weighted by atomic mass is 9.82. The molecule has 1 nitrogen and oxygen atoms in total. The van der Waals surface area contributed by atoms with Gasteiger partial charge in [-0.1, -0.05) is 49.5 Å². The highest BCUT2D eigenvalue weighted by Gasteiger charge is 2.29. The number of aliphatic hydroxyl groups is 1. The summed E-state index contributed by atoms with van der Waals surface area (Å²) in [7, 11) is 0. The first kappa shape index (κ1) is 12.8. The molecule has 0 saturated heterocycles. The number of hydrogen-bond donors (Lipinski definition) is 1. The third kappa shape index (κ3) is 2.66. The third-order valence-electron chi connectivity index (χ3n) is 3.08. The monoisotopic (exact) mass is 246 g/mol. The van der Waals surface area contributed by atoms with Gasteiger partial charge in [-0.25, -0.2) is 0 Å². The van der Waals surface area contributed by atoms with Crippen LogP contribution in [0.4, 0.5) is 0 Å². The topological polar surface area (TPSA) is 20.2 Å². The predicted octanol–water partition coefficient (Wildman–Crippen LogP) is 4.25. The second-order valence-electron chi connectivity index (χ2n) is 4.09.